The van der Waals surface area contributed by atoms with Gasteiger partial charge in [-0.2, -0.15) is 0 Å². The summed E-state index contributed by atoms with van der Waals surface area (Å²) < 4.78 is 45.9. The summed E-state index contributed by atoms with van der Waals surface area (Å²) in [5, 5.41) is 2.58. The molecule has 2 amide bonds. The summed E-state index contributed by atoms with van der Waals surface area (Å²) >= 11 is 0. The fourth-order valence-electron chi connectivity index (χ4n) is 2.63. The molecule has 9 heteroatoms. The number of fused-ring (bicyclic) bond motifs is 1. The average molecular weight is 392 g/mol. The van der Waals surface area contributed by atoms with Gasteiger partial charge >= 0.3 is 0 Å². The highest BCUT2D eigenvalue weighted by Gasteiger charge is 2.28. The van der Waals surface area contributed by atoms with Crippen molar-refractivity contribution in [2.45, 2.75) is 30.8 Å². The molecule has 142 valence electrons. The molecule has 1 aliphatic heterocycles. The molecule has 2 N–H and O–H groups in total. The highest BCUT2D eigenvalue weighted by molar-refractivity contribution is 7.90. The van der Waals surface area contributed by atoms with E-state index < -0.39 is 34.3 Å². The van der Waals surface area contributed by atoms with Gasteiger partial charge in [0, 0.05) is 0 Å². The fraction of sp³-hybridized carbons (Fsp3) is 0.222. The Morgan fingerprint density at radius 1 is 1.26 bits per heavy atom. The van der Waals surface area contributed by atoms with Gasteiger partial charge in [-0.3, -0.25) is 9.59 Å². The van der Waals surface area contributed by atoms with Crippen molar-refractivity contribution in [3.05, 3.63) is 53.8 Å². The minimum absolute atomic E-state index is 0.0851. The number of hydrogen-bond donors (Lipinski definition) is 2. The summed E-state index contributed by atoms with van der Waals surface area (Å²) in [6.07, 6.45) is -0.591. The molecule has 0 bridgehead atoms. The molecule has 0 spiro atoms. The number of rotatable bonds is 5. The van der Waals surface area contributed by atoms with Crippen LogP contribution in [0.5, 0.6) is 5.75 Å². The van der Waals surface area contributed by atoms with Crippen molar-refractivity contribution in [3.63, 3.8) is 0 Å². The first-order valence-electron chi connectivity index (χ1n) is 8.21. The standard InChI is InChI=1S/C18H17FN2O5S/c1-2-15-18(23)20-14-10-12(7-8-16(14)26-15)27(24,25)21-17(22)9-11-5-3-4-6-13(11)19/h3-8,10,15H,2,9H2,1H3,(H,20,23)(H,21,22). The van der Waals surface area contributed by atoms with E-state index in [1.54, 1.807) is 13.0 Å². The van der Waals surface area contributed by atoms with Crippen LogP contribution >= 0.6 is 0 Å². The number of anilines is 1. The number of nitrogens with one attached hydrogen (secondary N) is 2. The van der Waals surface area contributed by atoms with Crippen molar-refractivity contribution in [3.8, 4) is 5.75 Å². The van der Waals surface area contributed by atoms with E-state index in [4.69, 9.17) is 4.74 Å². The normalized spacial score (nSPS) is 16.1. The maximum absolute atomic E-state index is 13.6. The average Bonchev–Trinajstić information content (AvgIpc) is 2.62. The predicted octanol–water partition coefficient (Wildman–Crippen LogP) is 1.98. The van der Waals surface area contributed by atoms with Crippen LogP contribution in [-0.2, 0) is 26.0 Å². The van der Waals surface area contributed by atoms with Crippen LogP contribution < -0.4 is 14.8 Å². The number of amides is 2. The van der Waals surface area contributed by atoms with E-state index >= 15 is 0 Å². The second kappa shape index (κ2) is 7.36. The molecule has 1 unspecified atom stereocenters. The number of carbonyl (C=O) groups is 2. The van der Waals surface area contributed by atoms with Crippen molar-refractivity contribution in [1.29, 1.82) is 0 Å². The predicted molar refractivity (Wildman–Crippen MR) is 95.2 cm³/mol. The number of halogens is 1. The van der Waals surface area contributed by atoms with Crippen molar-refractivity contribution >= 4 is 27.5 Å². The molecule has 0 aromatic heterocycles. The molecule has 0 aliphatic carbocycles. The molecule has 2 aromatic carbocycles. The topological polar surface area (TPSA) is 102 Å². The lowest BCUT2D eigenvalue weighted by Gasteiger charge is -2.25. The molecule has 2 aromatic rings. The molecule has 0 saturated heterocycles. The molecule has 0 fully saturated rings. The van der Waals surface area contributed by atoms with E-state index in [0.717, 1.165) is 0 Å². The van der Waals surface area contributed by atoms with Gasteiger partial charge in [-0.05, 0) is 36.2 Å². The Kier molecular flexibility index (Phi) is 5.13. The molecule has 0 saturated carbocycles. The summed E-state index contributed by atoms with van der Waals surface area (Å²) in [5.41, 5.74) is 0.288. The number of ether oxygens (including phenoxy) is 1. The van der Waals surface area contributed by atoms with Crippen LogP contribution in [0.2, 0.25) is 0 Å². The lowest BCUT2D eigenvalue weighted by Crippen LogP contribution is -2.36. The fourth-order valence-corrected chi connectivity index (χ4v) is 3.63. The monoisotopic (exact) mass is 392 g/mol. The molecule has 27 heavy (non-hydrogen) atoms. The van der Waals surface area contributed by atoms with Crippen LogP contribution in [0.15, 0.2) is 47.4 Å². The van der Waals surface area contributed by atoms with Crippen LogP contribution in [0.3, 0.4) is 0 Å². The molecule has 7 nitrogen and oxygen atoms in total. The van der Waals surface area contributed by atoms with Crippen molar-refractivity contribution in [1.82, 2.24) is 4.72 Å². The first-order valence-corrected chi connectivity index (χ1v) is 9.69. The summed E-state index contributed by atoms with van der Waals surface area (Å²) in [6.45, 7) is 1.79. The number of carbonyl (C=O) groups excluding carboxylic acids is 2. The van der Waals surface area contributed by atoms with Gasteiger partial charge in [-0.25, -0.2) is 17.5 Å². The Morgan fingerprint density at radius 2 is 2.00 bits per heavy atom. The maximum atomic E-state index is 13.6. The number of sulfonamides is 1. The van der Waals surface area contributed by atoms with Crippen LogP contribution in [0.1, 0.15) is 18.9 Å². The molecule has 3 rings (SSSR count). The Labute approximate surface area is 155 Å². The van der Waals surface area contributed by atoms with Gasteiger partial charge in [-0.1, -0.05) is 25.1 Å². The van der Waals surface area contributed by atoms with E-state index in [-0.39, 0.29) is 22.1 Å². The largest absolute Gasteiger partial charge is 0.478 e. The lowest BCUT2D eigenvalue weighted by atomic mass is 10.1. The highest BCUT2D eigenvalue weighted by Crippen LogP contribution is 2.32. The van der Waals surface area contributed by atoms with Crippen LogP contribution in [-0.4, -0.2) is 26.3 Å². The third-order valence-electron chi connectivity index (χ3n) is 4.01. The zero-order chi connectivity index (χ0) is 19.6. The van der Waals surface area contributed by atoms with E-state index in [1.165, 1.54) is 36.4 Å². The number of benzene rings is 2. The zero-order valence-electron chi connectivity index (χ0n) is 14.4. The molecular formula is C18H17FN2O5S. The minimum atomic E-state index is -4.19. The molecule has 1 heterocycles. The Hall–Kier alpha value is -2.94. The summed E-state index contributed by atoms with van der Waals surface area (Å²) in [6, 6.07) is 9.49. The van der Waals surface area contributed by atoms with Crippen molar-refractivity contribution < 1.29 is 27.1 Å². The van der Waals surface area contributed by atoms with Crippen molar-refractivity contribution in [2.75, 3.05) is 5.32 Å². The first-order chi connectivity index (χ1) is 12.8. The van der Waals surface area contributed by atoms with E-state index in [1.807, 2.05) is 4.72 Å². The van der Waals surface area contributed by atoms with E-state index in [0.29, 0.717) is 12.2 Å². The summed E-state index contributed by atoms with van der Waals surface area (Å²) in [5.74, 6) is -1.49. The van der Waals surface area contributed by atoms with Gasteiger partial charge in [0.05, 0.1) is 17.0 Å². The molecule has 1 aliphatic rings. The van der Waals surface area contributed by atoms with Gasteiger partial charge in [0.2, 0.25) is 5.91 Å². The third kappa shape index (κ3) is 4.08. The van der Waals surface area contributed by atoms with Gasteiger partial charge in [0.15, 0.2) is 6.10 Å². The lowest BCUT2D eigenvalue weighted by molar-refractivity contribution is -0.123. The second-order valence-corrected chi connectivity index (χ2v) is 7.64. The van der Waals surface area contributed by atoms with Gasteiger partial charge in [0.25, 0.3) is 15.9 Å². The Balaban J connectivity index is 1.77. The molecule has 0 radical (unpaired) electrons. The Bertz CT molecular complexity index is 1010. The first kappa shape index (κ1) is 18.8. The maximum Gasteiger partial charge on any atom is 0.265 e. The smallest absolute Gasteiger partial charge is 0.265 e. The summed E-state index contributed by atoms with van der Waals surface area (Å²) in [4.78, 5) is 23.7. The van der Waals surface area contributed by atoms with E-state index in [2.05, 4.69) is 5.32 Å². The highest BCUT2D eigenvalue weighted by atomic mass is 32.2. The SMILES string of the molecule is CCC1Oc2ccc(S(=O)(=O)NC(=O)Cc3ccccc3F)cc2NC1=O. The second-order valence-electron chi connectivity index (χ2n) is 5.96. The van der Waals surface area contributed by atoms with E-state index in [9.17, 15) is 22.4 Å². The van der Waals surface area contributed by atoms with Crippen LogP contribution in [0, 0.1) is 5.82 Å². The quantitative estimate of drug-likeness (QED) is 0.810. The van der Waals surface area contributed by atoms with Gasteiger partial charge < -0.3 is 10.1 Å². The van der Waals surface area contributed by atoms with Gasteiger partial charge in [0.1, 0.15) is 11.6 Å². The van der Waals surface area contributed by atoms with Gasteiger partial charge in [-0.15, -0.1) is 0 Å². The van der Waals surface area contributed by atoms with Crippen molar-refractivity contribution in [2.24, 2.45) is 0 Å². The third-order valence-corrected chi connectivity index (χ3v) is 5.38. The molecule has 1 atom stereocenters. The molecular weight excluding hydrogens is 375 g/mol. The summed E-state index contributed by atoms with van der Waals surface area (Å²) in [7, 11) is -4.19. The number of hydrogen-bond acceptors (Lipinski definition) is 5. The van der Waals surface area contributed by atoms with Crippen LogP contribution in [0.4, 0.5) is 10.1 Å². The van der Waals surface area contributed by atoms with Crippen LogP contribution in [0.25, 0.3) is 0 Å². The zero-order valence-corrected chi connectivity index (χ0v) is 15.2. The Morgan fingerprint density at radius 3 is 2.70 bits per heavy atom. The minimum Gasteiger partial charge on any atom is -0.478 e.